The number of anilines is 1. The van der Waals surface area contributed by atoms with Crippen LogP contribution in [0.2, 0.25) is 0 Å². The molecule has 0 unspecified atom stereocenters. The summed E-state index contributed by atoms with van der Waals surface area (Å²) in [6, 6.07) is 3.86. The lowest BCUT2D eigenvalue weighted by Gasteiger charge is -2.35. The predicted molar refractivity (Wildman–Crippen MR) is 149 cm³/mol. The van der Waals surface area contributed by atoms with E-state index in [0.717, 1.165) is 31.2 Å². The van der Waals surface area contributed by atoms with Gasteiger partial charge in [-0.15, -0.1) is 0 Å². The molecule has 9 nitrogen and oxygen atoms in total. The summed E-state index contributed by atoms with van der Waals surface area (Å²) in [4.78, 5) is 50.2. The molecule has 1 aliphatic carbocycles. The van der Waals surface area contributed by atoms with Crippen LogP contribution in [0, 0.1) is 6.92 Å². The van der Waals surface area contributed by atoms with Gasteiger partial charge in [-0.3, -0.25) is 18.9 Å². The highest BCUT2D eigenvalue weighted by Crippen LogP contribution is 2.38. The summed E-state index contributed by atoms with van der Waals surface area (Å²) < 4.78 is 7.22. The Morgan fingerprint density at radius 3 is 2.62 bits per heavy atom. The smallest absolute Gasteiger partial charge is 0.409 e. The Labute approximate surface area is 225 Å². The average Bonchev–Trinajstić information content (AvgIpc) is 3.19. The Bertz CT molecular complexity index is 1330. The van der Waals surface area contributed by atoms with Crippen LogP contribution in [0.1, 0.15) is 50.2 Å². The monoisotopic (exact) mass is 541 g/mol. The van der Waals surface area contributed by atoms with E-state index in [1.807, 2.05) is 24.0 Å². The van der Waals surface area contributed by atoms with Crippen LogP contribution in [-0.2, 0) is 9.53 Å². The lowest BCUT2D eigenvalue weighted by Crippen LogP contribution is -2.49. The Balaban J connectivity index is 1.52. The molecular formula is C26H31N5O4S2. The minimum Gasteiger partial charge on any atom is -0.450 e. The minimum atomic E-state index is -0.337. The molecule has 2 saturated heterocycles. The molecular weight excluding hydrogens is 510 g/mol. The number of pyridine rings is 1. The van der Waals surface area contributed by atoms with Gasteiger partial charge in [-0.2, -0.15) is 0 Å². The molecule has 37 heavy (non-hydrogen) atoms. The van der Waals surface area contributed by atoms with Crippen LogP contribution in [0.15, 0.2) is 28.0 Å². The molecule has 2 amide bonds. The maximum absolute atomic E-state index is 13.8. The number of fused-ring (bicyclic) bond motifs is 1. The van der Waals surface area contributed by atoms with Crippen molar-refractivity contribution in [3.8, 4) is 0 Å². The quantitative estimate of drug-likeness (QED) is 0.427. The molecule has 2 aromatic rings. The summed E-state index contributed by atoms with van der Waals surface area (Å²) >= 11 is 6.86. The fourth-order valence-corrected chi connectivity index (χ4v) is 6.63. The number of carbonyl (C=O) groups is 2. The molecule has 1 saturated carbocycles. The predicted octanol–water partition coefficient (Wildman–Crippen LogP) is 3.82. The fraction of sp³-hybridized carbons (Fsp3) is 0.500. The highest BCUT2D eigenvalue weighted by molar-refractivity contribution is 8.26. The third-order valence-electron chi connectivity index (χ3n) is 7.21. The van der Waals surface area contributed by atoms with Gasteiger partial charge < -0.3 is 14.5 Å². The van der Waals surface area contributed by atoms with Gasteiger partial charge in [-0.05, 0) is 44.4 Å². The van der Waals surface area contributed by atoms with Gasteiger partial charge in [0.1, 0.15) is 15.8 Å². The van der Waals surface area contributed by atoms with Gasteiger partial charge in [0.2, 0.25) is 0 Å². The number of hydrogen-bond acceptors (Lipinski definition) is 8. The van der Waals surface area contributed by atoms with Crippen LogP contribution in [0.3, 0.4) is 0 Å². The second-order valence-corrected chi connectivity index (χ2v) is 11.2. The normalized spacial score (nSPS) is 20.4. The van der Waals surface area contributed by atoms with Crippen molar-refractivity contribution >= 4 is 57.8 Å². The minimum absolute atomic E-state index is 0.126. The summed E-state index contributed by atoms with van der Waals surface area (Å²) in [5, 5.41) is 0. The number of rotatable bonds is 4. The van der Waals surface area contributed by atoms with E-state index in [1.165, 1.54) is 22.6 Å². The highest BCUT2D eigenvalue weighted by atomic mass is 32.2. The summed E-state index contributed by atoms with van der Waals surface area (Å²) in [5.41, 5.74) is 1.57. The van der Waals surface area contributed by atoms with Crippen LogP contribution in [0.5, 0.6) is 0 Å². The Hall–Kier alpha value is -2.92. The molecule has 2 aliphatic heterocycles. The topological polar surface area (TPSA) is 87.5 Å². The van der Waals surface area contributed by atoms with Gasteiger partial charge in [0.15, 0.2) is 0 Å². The first-order valence-corrected chi connectivity index (χ1v) is 14.1. The van der Waals surface area contributed by atoms with E-state index in [-0.39, 0.29) is 23.6 Å². The zero-order valence-corrected chi connectivity index (χ0v) is 22.8. The van der Waals surface area contributed by atoms with Gasteiger partial charge >= 0.3 is 6.09 Å². The van der Waals surface area contributed by atoms with Gasteiger partial charge in [0.05, 0.1) is 17.1 Å². The van der Waals surface area contributed by atoms with Crippen LogP contribution in [0.25, 0.3) is 11.7 Å². The maximum atomic E-state index is 13.8. The largest absolute Gasteiger partial charge is 0.450 e. The number of nitrogens with zero attached hydrogens (tertiary/aromatic N) is 5. The summed E-state index contributed by atoms with van der Waals surface area (Å²) in [6.07, 6.45) is 8.31. The SMILES string of the molecule is CCOC(=O)N1CCN(c2nc3c(C)cccn3c(=O)c2/C=C2\SC(=S)N(C3CCCCC3)C2=O)CC1. The second-order valence-electron chi connectivity index (χ2n) is 9.56. The first-order valence-electron chi connectivity index (χ1n) is 12.8. The average molecular weight is 542 g/mol. The van der Waals surface area contributed by atoms with Crippen molar-refractivity contribution in [2.75, 3.05) is 37.7 Å². The van der Waals surface area contributed by atoms with Crippen molar-refractivity contribution in [2.45, 2.75) is 52.0 Å². The molecule has 196 valence electrons. The third kappa shape index (κ3) is 4.98. The number of thiocarbonyl (C=S) groups is 1. The van der Waals surface area contributed by atoms with Crippen molar-refractivity contribution in [1.29, 1.82) is 0 Å². The van der Waals surface area contributed by atoms with E-state index in [4.69, 9.17) is 21.9 Å². The van der Waals surface area contributed by atoms with Crippen molar-refractivity contribution in [3.05, 3.63) is 44.7 Å². The highest BCUT2D eigenvalue weighted by Gasteiger charge is 2.38. The molecule has 0 N–H and O–H groups in total. The number of aromatic nitrogens is 2. The molecule has 0 aromatic carbocycles. The second kappa shape index (κ2) is 10.8. The lowest BCUT2D eigenvalue weighted by atomic mass is 9.94. The zero-order valence-electron chi connectivity index (χ0n) is 21.1. The van der Waals surface area contributed by atoms with Gasteiger partial charge in [-0.1, -0.05) is 49.3 Å². The van der Waals surface area contributed by atoms with Crippen LogP contribution in [-0.4, -0.2) is 74.3 Å². The molecule has 3 fully saturated rings. The molecule has 3 aliphatic rings. The van der Waals surface area contributed by atoms with Gasteiger partial charge in [0.25, 0.3) is 11.5 Å². The molecule has 11 heteroatoms. The third-order valence-corrected chi connectivity index (χ3v) is 8.54. The number of amides is 2. The summed E-state index contributed by atoms with van der Waals surface area (Å²) in [6.45, 7) is 5.93. The van der Waals surface area contributed by atoms with E-state index >= 15 is 0 Å². The van der Waals surface area contributed by atoms with E-state index in [1.54, 1.807) is 29.0 Å². The first kappa shape index (κ1) is 25.7. The Morgan fingerprint density at radius 1 is 1.19 bits per heavy atom. The van der Waals surface area contributed by atoms with Gasteiger partial charge in [-0.25, -0.2) is 9.78 Å². The molecule has 0 radical (unpaired) electrons. The van der Waals surface area contributed by atoms with Crippen LogP contribution in [0.4, 0.5) is 10.6 Å². The van der Waals surface area contributed by atoms with Crippen molar-refractivity contribution in [3.63, 3.8) is 0 Å². The number of carbonyl (C=O) groups excluding carboxylic acids is 2. The molecule has 4 heterocycles. The first-order chi connectivity index (χ1) is 17.9. The van der Waals surface area contributed by atoms with Crippen LogP contribution < -0.4 is 10.5 Å². The Morgan fingerprint density at radius 2 is 1.92 bits per heavy atom. The molecule has 2 aromatic heterocycles. The summed E-state index contributed by atoms with van der Waals surface area (Å²) in [7, 11) is 0. The number of aryl methyl sites for hydroxylation is 1. The van der Waals surface area contributed by atoms with Crippen molar-refractivity contribution < 1.29 is 14.3 Å². The van der Waals surface area contributed by atoms with Crippen LogP contribution >= 0.6 is 24.0 Å². The van der Waals surface area contributed by atoms with E-state index in [2.05, 4.69) is 0 Å². The zero-order chi connectivity index (χ0) is 26.1. The molecule has 5 rings (SSSR count). The maximum Gasteiger partial charge on any atom is 0.409 e. The van der Waals surface area contributed by atoms with E-state index in [9.17, 15) is 14.4 Å². The fourth-order valence-electron chi connectivity index (χ4n) is 5.25. The molecule has 0 spiro atoms. The van der Waals surface area contributed by atoms with Crippen molar-refractivity contribution in [2.24, 2.45) is 0 Å². The summed E-state index contributed by atoms with van der Waals surface area (Å²) in [5.74, 6) is 0.388. The molecule has 0 atom stereocenters. The Kier molecular flexibility index (Phi) is 7.52. The van der Waals surface area contributed by atoms with E-state index < -0.39 is 0 Å². The number of piperazine rings is 1. The number of hydrogen-bond donors (Lipinski definition) is 0. The standard InChI is InChI=1S/C26H31N5O4S2/c1-3-35-25(34)29-14-12-28(13-15-29)22-19(23(32)30-11-7-8-17(2)21(30)27-22)16-20-24(33)31(26(36)37-20)18-9-5-4-6-10-18/h7-8,11,16,18H,3-6,9-10,12-15H2,1-2H3/b20-16-. The van der Waals surface area contributed by atoms with Gasteiger partial charge in [0, 0.05) is 38.4 Å². The molecule has 0 bridgehead atoms. The number of ether oxygens (including phenoxy) is 1. The number of thioether (sulfide) groups is 1. The van der Waals surface area contributed by atoms with Crippen molar-refractivity contribution in [1.82, 2.24) is 19.2 Å². The van der Waals surface area contributed by atoms with E-state index in [0.29, 0.717) is 59.0 Å². The lowest BCUT2D eigenvalue weighted by molar-refractivity contribution is -0.124.